The molecule has 0 aromatic carbocycles. The molecule has 0 bridgehead atoms. The van der Waals surface area contributed by atoms with Crippen LogP contribution >= 0.6 is 11.6 Å². The van der Waals surface area contributed by atoms with Crippen LogP contribution in [-0.4, -0.2) is 16.3 Å². The second kappa shape index (κ2) is 5.95. The third-order valence-corrected chi connectivity index (χ3v) is 4.43. The summed E-state index contributed by atoms with van der Waals surface area (Å²) in [6, 6.07) is 0. The lowest BCUT2D eigenvalue weighted by atomic mass is 10.0. The first-order valence-electron chi connectivity index (χ1n) is 7.11. The van der Waals surface area contributed by atoms with Crippen LogP contribution in [0.3, 0.4) is 0 Å². The van der Waals surface area contributed by atoms with Crippen molar-refractivity contribution < 1.29 is 0 Å². The van der Waals surface area contributed by atoms with Crippen LogP contribution in [0.15, 0.2) is 11.0 Å². The van der Waals surface area contributed by atoms with E-state index in [1.807, 2.05) is 0 Å². The number of aryl methyl sites for hydroxylation is 1. The van der Waals surface area contributed by atoms with Crippen molar-refractivity contribution in [2.24, 2.45) is 5.41 Å². The quantitative estimate of drug-likeness (QED) is 0.835. The minimum absolute atomic E-state index is 0.193. The summed E-state index contributed by atoms with van der Waals surface area (Å²) in [6.45, 7) is 5.80. The predicted molar refractivity (Wildman–Crippen MR) is 78.9 cm³/mol. The summed E-state index contributed by atoms with van der Waals surface area (Å²) in [5.41, 5.74) is 0.890. The third kappa shape index (κ3) is 3.30. The molecule has 0 amide bonds. The smallest absolute Gasteiger partial charge is 0.287 e. The molecular weight excluding hydrogens is 262 g/mol. The molecule has 0 radical (unpaired) electrons. The number of aromatic nitrogens is 2. The van der Waals surface area contributed by atoms with E-state index in [0.29, 0.717) is 17.6 Å². The highest BCUT2D eigenvalue weighted by Crippen LogP contribution is 2.48. The van der Waals surface area contributed by atoms with Gasteiger partial charge in [-0.2, -0.15) is 5.10 Å². The highest BCUT2D eigenvalue weighted by Gasteiger charge is 2.40. The molecule has 0 unspecified atom stereocenters. The first-order chi connectivity index (χ1) is 9.12. The summed E-state index contributed by atoms with van der Waals surface area (Å²) in [4.78, 5) is 12.0. The summed E-state index contributed by atoms with van der Waals surface area (Å²) in [6.07, 6.45) is 7.33. The van der Waals surface area contributed by atoms with Crippen LogP contribution in [0.1, 0.15) is 46.0 Å². The lowest BCUT2D eigenvalue weighted by Crippen LogP contribution is -2.25. The van der Waals surface area contributed by atoms with Gasteiger partial charge in [0.05, 0.1) is 11.9 Å². The van der Waals surface area contributed by atoms with Crippen LogP contribution in [0.2, 0.25) is 5.02 Å². The van der Waals surface area contributed by atoms with Gasteiger partial charge in [-0.1, -0.05) is 31.9 Å². The number of hydrogen-bond donors (Lipinski definition) is 1. The van der Waals surface area contributed by atoms with Crippen molar-refractivity contribution in [1.82, 2.24) is 9.78 Å². The summed E-state index contributed by atoms with van der Waals surface area (Å²) in [5.74, 6) is 0. The molecule has 0 spiro atoms. The van der Waals surface area contributed by atoms with E-state index in [1.165, 1.54) is 23.9 Å². The largest absolute Gasteiger partial charge is 0.382 e. The Hall–Kier alpha value is -1.03. The number of halogens is 1. The van der Waals surface area contributed by atoms with Crippen molar-refractivity contribution in [2.75, 3.05) is 11.9 Å². The number of unbranched alkanes of at least 4 members (excludes halogenated alkanes) is 1. The Labute approximate surface area is 119 Å². The van der Waals surface area contributed by atoms with Gasteiger partial charge in [-0.25, -0.2) is 4.68 Å². The first kappa shape index (κ1) is 14.4. The number of nitrogens with one attached hydrogen (secondary N) is 1. The van der Waals surface area contributed by atoms with Gasteiger partial charge < -0.3 is 5.32 Å². The van der Waals surface area contributed by atoms with Crippen molar-refractivity contribution in [3.63, 3.8) is 0 Å². The maximum absolute atomic E-state index is 12.0. The van der Waals surface area contributed by atoms with Crippen LogP contribution in [0.4, 0.5) is 5.69 Å². The van der Waals surface area contributed by atoms with Crippen LogP contribution in [0.25, 0.3) is 0 Å². The van der Waals surface area contributed by atoms with Crippen molar-refractivity contribution in [3.8, 4) is 0 Å². The average Bonchev–Trinajstić information content (AvgIpc) is 3.20. The minimum atomic E-state index is -0.193. The summed E-state index contributed by atoms with van der Waals surface area (Å²) < 4.78 is 1.45. The van der Waals surface area contributed by atoms with Gasteiger partial charge in [0.1, 0.15) is 5.02 Å². The summed E-state index contributed by atoms with van der Waals surface area (Å²) >= 11 is 6.13. The van der Waals surface area contributed by atoms with Gasteiger partial charge in [0, 0.05) is 13.1 Å². The Balaban J connectivity index is 2.06. The van der Waals surface area contributed by atoms with E-state index in [1.54, 1.807) is 6.20 Å². The van der Waals surface area contributed by atoms with E-state index in [2.05, 4.69) is 24.3 Å². The lowest BCUT2D eigenvalue weighted by Gasteiger charge is -2.15. The molecule has 0 saturated heterocycles. The fraction of sp³-hybridized carbons (Fsp3) is 0.714. The molecule has 106 valence electrons. The zero-order valence-corrected chi connectivity index (χ0v) is 12.5. The Kier molecular flexibility index (Phi) is 4.50. The molecule has 19 heavy (non-hydrogen) atoms. The normalized spacial score (nSPS) is 16.4. The molecule has 0 aliphatic heterocycles. The predicted octanol–water partition coefficient (Wildman–Crippen LogP) is 3.30. The Morgan fingerprint density at radius 1 is 1.47 bits per heavy atom. The maximum Gasteiger partial charge on any atom is 0.287 e. The fourth-order valence-corrected chi connectivity index (χ4v) is 2.38. The first-order valence-corrected chi connectivity index (χ1v) is 7.49. The Bertz CT molecular complexity index is 494. The standard InChI is InChI=1S/C14H22ClN3O/c1-3-5-8-18-13(19)12(15)11(9-17-18)16-10-14(4-2)6-7-14/h9,16H,3-8,10H2,1-2H3. The molecule has 1 fully saturated rings. The summed E-state index contributed by atoms with van der Waals surface area (Å²) in [5, 5.41) is 7.73. The van der Waals surface area contributed by atoms with Crippen LogP contribution in [0, 0.1) is 5.41 Å². The van der Waals surface area contributed by atoms with Gasteiger partial charge >= 0.3 is 0 Å². The number of rotatable bonds is 7. The number of anilines is 1. The van der Waals surface area contributed by atoms with Gasteiger partial charge in [0.25, 0.3) is 5.56 Å². The molecule has 1 heterocycles. The molecule has 5 heteroatoms. The molecule has 1 N–H and O–H groups in total. The Morgan fingerprint density at radius 2 is 2.21 bits per heavy atom. The summed E-state index contributed by atoms with van der Waals surface area (Å²) in [7, 11) is 0. The molecule has 1 saturated carbocycles. The second-order valence-electron chi connectivity index (χ2n) is 5.46. The molecule has 1 aromatic rings. The highest BCUT2D eigenvalue weighted by atomic mass is 35.5. The monoisotopic (exact) mass is 283 g/mol. The highest BCUT2D eigenvalue weighted by molar-refractivity contribution is 6.32. The van der Waals surface area contributed by atoms with Crippen molar-refractivity contribution >= 4 is 17.3 Å². The van der Waals surface area contributed by atoms with Crippen molar-refractivity contribution in [2.45, 2.75) is 52.5 Å². The van der Waals surface area contributed by atoms with Crippen molar-refractivity contribution in [1.29, 1.82) is 0 Å². The number of hydrogen-bond acceptors (Lipinski definition) is 3. The van der Waals surface area contributed by atoms with Crippen molar-refractivity contribution in [3.05, 3.63) is 21.6 Å². The topological polar surface area (TPSA) is 46.9 Å². The van der Waals surface area contributed by atoms with E-state index < -0.39 is 0 Å². The van der Waals surface area contributed by atoms with E-state index in [-0.39, 0.29) is 10.6 Å². The van der Waals surface area contributed by atoms with Gasteiger partial charge in [-0.05, 0) is 31.1 Å². The average molecular weight is 284 g/mol. The second-order valence-corrected chi connectivity index (χ2v) is 5.84. The van der Waals surface area contributed by atoms with E-state index >= 15 is 0 Å². The SMILES string of the molecule is CCCCn1ncc(NCC2(CC)CC2)c(Cl)c1=O. The van der Waals surface area contributed by atoms with Gasteiger partial charge in [-0.3, -0.25) is 4.79 Å². The lowest BCUT2D eigenvalue weighted by molar-refractivity contribution is 0.519. The number of nitrogens with zero attached hydrogens (tertiary/aromatic N) is 2. The van der Waals surface area contributed by atoms with E-state index in [4.69, 9.17) is 11.6 Å². The third-order valence-electron chi connectivity index (χ3n) is 4.07. The Morgan fingerprint density at radius 3 is 2.79 bits per heavy atom. The van der Waals surface area contributed by atoms with Gasteiger partial charge in [0.2, 0.25) is 0 Å². The molecule has 4 nitrogen and oxygen atoms in total. The maximum atomic E-state index is 12.0. The van der Waals surface area contributed by atoms with E-state index in [9.17, 15) is 4.79 Å². The molecule has 0 atom stereocenters. The zero-order valence-electron chi connectivity index (χ0n) is 11.7. The molecule has 1 aliphatic rings. The van der Waals surface area contributed by atoms with Crippen LogP contribution < -0.4 is 10.9 Å². The molecule has 2 rings (SSSR count). The fourth-order valence-electron chi connectivity index (χ4n) is 2.17. The van der Waals surface area contributed by atoms with Gasteiger partial charge in [0.15, 0.2) is 0 Å². The molecule has 1 aliphatic carbocycles. The zero-order chi connectivity index (χ0) is 13.9. The van der Waals surface area contributed by atoms with E-state index in [0.717, 1.165) is 19.4 Å². The molecular formula is C14H22ClN3O. The molecule has 1 aromatic heterocycles. The van der Waals surface area contributed by atoms with Crippen LogP contribution in [-0.2, 0) is 6.54 Å². The van der Waals surface area contributed by atoms with Gasteiger partial charge in [-0.15, -0.1) is 0 Å². The van der Waals surface area contributed by atoms with Crippen LogP contribution in [0.5, 0.6) is 0 Å². The minimum Gasteiger partial charge on any atom is -0.382 e.